The second-order valence-corrected chi connectivity index (χ2v) is 6.28. The lowest BCUT2D eigenvalue weighted by Crippen LogP contribution is -1.90. The molecule has 3 aromatic rings. The molecule has 0 aliphatic heterocycles. The van der Waals surface area contributed by atoms with Gasteiger partial charge in [0, 0.05) is 17.4 Å². The molecule has 0 unspecified atom stereocenters. The lowest BCUT2D eigenvalue weighted by Gasteiger charge is -2.05. The van der Waals surface area contributed by atoms with Crippen molar-refractivity contribution in [1.29, 1.82) is 0 Å². The van der Waals surface area contributed by atoms with Crippen LogP contribution in [0.2, 0.25) is 0 Å². The summed E-state index contributed by atoms with van der Waals surface area (Å²) in [5, 5.41) is 3.22. The van der Waals surface area contributed by atoms with Gasteiger partial charge < -0.3 is 9.47 Å². The molecular formula is C19H19NO2S. The Labute approximate surface area is 140 Å². The average Bonchev–Trinajstić information content (AvgIpc) is 3.04. The minimum absolute atomic E-state index is 0.837. The van der Waals surface area contributed by atoms with Gasteiger partial charge in [-0.2, -0.15) is 0 Å². The molecule has 0 atom stereocenters. The van der Waals surface area contributed by atoms with Crippen LogP contribution < -0.4 is 9.47 Å². The van der Waals surface area contributed by atoms with Crippen molar-refractivity contribution in [2.24, 2.45) is 0 Å². The normalized spacial score (nSPS) is 10.6. The van der Waals surface area contributed by atoms with Gasteiger partial charge in [-0.25, -0.2) is 4.98 Å². The number of aryl methyl sites for hydroxylation is 1. The zero-order valence-electron chi connectivity index (χ0n) is 13.5. The summed E-state index contributed by atoms with van der Waals surface area (Å²) in [5.41, 5.74) is 4.50. The molecule has 0 saturated heterocycles. The average molecular weight is 325 g/mol. The predicted molar refractivity (Wildman–Crippen MR) is 94.6 cm³/mol. The molecule has 2 aromatic carbocycles. The van der Waals surface area contributed by atoms with Crippen LogP contribution in [-0.4, -0.2) is 19.2 Å². The maximum atomic E-state index is 5.31. The van der Waals surface area contributed by atoms with Gasteiger partial charge in [0.1, 0.15) is 11.5 Å². The van der Waals surface area contributed by atoms with Crippen LogP contribution in [0.15, 0.2) is 47.8 Å². The van der Waals surface area contributed by atoms with Gasteiger partial charge in [-0.1, -0.05) is 12.1 Å². The number of aromatic nitrogens is 1. The second kappa shape index (κ2) is 6.84. The Bertz CT molecular complexity index is 793. The summed E-state index contributed by atoms with van der Waals surface area (Å²) in [5.74, 6) is 1.78. The Hall–Kier alpha value is -2.33. The van der Waals surface area contributed by atoms with E-state index in [-0.39, 0.29) is 0 Å². The number of rotatable bonds is 5. The van der Waals surface area contributed by atoms with E-state index >= 15 is 0 Å². The Kier molecular flexibility index (Phi) is 4.63. The molecule has 23 heavy (non-hydrogen) atoms. The van der Waals surface area contributed by atoms with Crippen LogP contribution in [0.1, 0.15) is 16.1 Å². The molecule has 118 valence electrons. The Morgan fingerprint density at radius 2 is 1.78 bits per heavy atom. The van der Waals surface area contributed by atoms with E-state index in [2.05, 4.69) is 29.6 Å². The third kappa shape index (κ3) is 3.54. The van der Waals surface area contributed by atoms with Crippen LogP contribution in [0.25, 0.3) is 11.3 Å². The summed E-state index contributed by atoms with van der Waals surface area (Å²) in [7, 11) is 3.37. The highest BCUT2D eigenvalue weighted by Gasteiger charge is 2.08. The van der Waals surface area contributed by atoms with Crippen molar-refractivity contribution in [2.75, 3.05) is 14.2 Å². The van der Waals surface area contributed by atoms with E-state index in [1.165, 1.54) is 5.56 Å². The van der Waals surface area contributed by atoms with Gasteiger partial charge >= 0.3 is 0 Å². The molecular weight excluding hydrogens is 306 g/mol. The van der Waals surface area contributed by atoms with E-state index in [0.29, 0.717) is 0 Å². The van der Waals surface area contributed by atoms with Gasteiger partial charge in [0.15, 0.2) is 0 Å². The van der Waals surface area contributed by atoms with E-state index in [4.69, 9.17) is 14.5 Å². The summed E-state index contributed by atoms with van der Waals surface area (Å²) >= 11 is 1.69. The molecule has 0 aliphatic carbocycles. The van der Waals surface area contributed by atoms with Crippen molar-refractivity contribution in [1.82, 2.24) is 4.98 Å². The molecule has 1 heterocycles. The maximum absolute atomic E-state index is 5.31. The van der Waals surface area contributed by atoms with E-state index in [1.54, 1.807) is 25.6 Å². The van der Waals surface area contributed by atoms with Crippen molar-refractivity contribution in [3.63, 3.8) is 0 Å². The first-order valence-electron chi connectivity index (χ1n) is 7.42. The number of benzene rings is 2. The number of hydrogen-bond acceptors (Lipinski definition) is 4. The summed E-state index contributed by atoms with van der Waals surface area (Å²) in [6, 6.07) is 14.3. The lowest BCUT2D eigenvalue weighted by molar-refractivity contribution is 0.412. The van der Waals surface area contributed by atoms with Gasteiger partial charge in [0.2, 0.25) is 0 Å². The van der Waals surface area contributed by atoms with Gasteiger partial charge in [-0.3, -0.25) is 0 Å². The largest absolute Gasteiger partial charge is 0.497 e. The summed E-state index contributed by atoms with van der Waals surface area (Å²) in [6.07, 6.45) is 0.837. The summed E-state index contributed by atoms with van der Waals surface area (Å²) in [4.78, 5) is 4.76. The molecule has 3 nitrogen and oxygen atoms in total. The predicted octanol–water partition coefficient (Wildman–Crippen LogP) is 4.73. The van der Waals surface area contributed by atoms with E-state index in [1.807, 2.05) is 25.1 Å². The van der Waals surface area contributed by atoms with Gasteiger partial charge in [-0.15, -0.1) is 11.3 Å². The molecule has 1 aromatic heterocycles. The standard InChI is InChI=1S/C19H19NO2S/c1-13-10-15(6-9-18(13)22-3)17-12-23-19(20-17)11-14-4-7-16(21-2)8-5-14/h4-10,12H,11H2,1-3H3. The molecule has 0 radical (unpaired) electrons. The SMILES string of the molecule is COc1ccc(Cc2nc(-c3ccc(OC)c(C)c3)cs2)cc1. The molecule has 3 rings (SSSR count). The van der Waals surface area contributed by atoms with Crippen LogP contribution in [0.5, 0.6) is 11.5 Å². The van der Waals surface area contributed by atoms with Crippen LogP contribution in [0, 0.1) is 6.92 Å². The molecule has 0 fully saturated rings. The highest BCUT2D eigenvalue weighted by Crippen LogP contribution is 2.28. The molecule has 0 saturated carbocycles. The highest BCUT2D eigenvalue weighted by molar-refractivity contribution is 7.10. The van der Waals surface area contributed by atoms with Gasteiger partial charge in [0.25, 0.3) is 0 Å². The first-order valence-corrected chi connectivity index (χ1v) is 8.30. The van der Waals surface area contributed by atoms with E-state index < -0.39 is 0 Å². The number of ether oxygens (including phenoxy) is 2. The van der Waals surface area contributed by atoms with E-state index in [0.717, 1.165) is 39.7 Å². The summed E-state index contributed by atoms with van der Waals surface area (Å²) < 4.78 is 10.5. The molecule has 0 N–H and O–H groups in total. The fraction of sp³-hybridized carbons (Fsp3) is 0.211. The highest BCUT2D eigenvalue weighted by atomic mass is 32.1. The topological polar surface area (TPSA) is 31.4 Å². The lowest BCUT2D eigenvalue weighted by atomic mass is 10.1. The smallest absolute Gasteiger partial charge is 0.121 e. The van der Waals surface area contributed by atoms with Gasteiger partial charge in [0.05, 0.1) is 24.9 Å². The van der Waals surface area contributed by atoms with Crippen molar-refractivity contribution in [3.8, 4) is 22.8 Å². The maximum Gasteiger partial charge on any atom is 0.121 e. The molecule has 0 spiro atoms. The number of nitrogens with zero attached hydrogens (tertiary/aromatic N) is 1. The molecule has 0 bridgehead atoms. The Morgan fingerprint density at radius 3 is 2.43 bits per heavy atom. The monoisotopic (exact) mass is 325 g/mol. The minimum atomic E-state index is 0.837. The Balaban J connectivity index is 1.78. The second-order valence-electron chi connectivity index (χ2n) is 5.34. The van der Waals surface area contributed by atoms with Crippen LogP contribution in [0.4, 0.5) is 0 Å². The van der Waals surface area contributed by atoms with E-state index in [9.17, 15) is 0 Å². The minimum Gasteiger partial charge on any atom is -0.497 e. The number of methoxy groups -OCH3 is 2. The van der Waals surface area contributed by atoms with Gasteiger partial charge in [-0.05, 0) is 48.4 Å². The molecule has 4 heteroatoms. The van der Waals surface area contributed by atoms with Crippen molar-refractivity contribution in [2.45, 2.75) is 13.3 Å². The first kappa shape index (κ1) is 15.6. The van der Waals surface area contributed by atoms with Crippen molar-refractivity contribution >= 4 is 11.3 Å². The van der Waals surface area contributed by atoms with Crippen LogP contribution in [0.3, 0.4) is 0 Å². The summed E-state index contributed by atoms with van der Waals surface area (Å²) in [6.45, 7) is 2.05. The zero-order valence-corrected chi connectivity index (χ0v) is 14.3. The Morgan fingerprint density at radius 1 is 1.00 bits per heavy atom. The number of hydrogen-bond donors (Lipinski definition) is 0. The fourth-order valence-electron chi connectivity index (χ4n) is 2.48. The zero-order chi connectivity index (χ0) is 16.2. The quantitative estimate of drug-likeness (QED) is 0.680. The van der Waals surface area contributed by atoms with Crippen LogP contribution >= 0.6 is 11.3 Å². The molecule has 0 aliphatic rings. The third-order valence-corrected chi connectivity index (χ3v) is 4.61. The fourth-order valence-corrected chi connectivity index (χ4v) is 3.32. The van der Waals surface area contributed by atoms with Crippen LogP contribution in [-0.2, 0) is 6.42 Å². The number of thiazole rings is 1. The third-order valence-electron chi connectivity index (χ3n) is 3.76. The van der Waals surface area contributed by atoms with Crippen molar-refractivity contribution < 1.29 is 9.47 Å². The first-order chi connectivity index (χ1) is 11.2. The molecule has 0 amide bonds. The van der Waals surface area contributed by atoms with Crippen molar-refractivity contribution in [3.05, 3.63) is 64.0 Å².